The van der Waals surface area contributed by atoms with Crippen LogP contribution >= 0.6 is 11.3 Å². The summed E-state index contributed by atoms with van der Waals surface area (Å²) >= 11 is 1.65. The molecular weight excluding hydrogens is 261 g/mol. The van der Waals surface area contributed by atoms with Gasteiger partial charge in [-0.25, -0.2) is 9.37 Å². The van der Waals surface area contributed by atoms with Crippen molar-refractivity contribution in [2.24, 2.45) is 0 Å². The van der Waals surface area contributed by atoms with Gasteiger partial charge in [-0.05, 0) is 25.0 Å². The zero-order valence-electron chi connectivity index (χ0n) is 11.1. The number of pyridine rings is 1. The molecule has 0 spiro atoms. The van der Waals surface area contributed by atoms with Crippen molar-refractivity contribution in [2.75, 3.05) is 0 Å². The lowest BCUT2D eigenvalue weighted by Crippen LogP contribution is -2.26. The van der Waals surface area contributed by atoms with Crippen LogP contribution in [-0.2, 0) is 0 Å². The van der Waals surface area contributed by atoms with Gasteiger partial charge in [0.05, 0.1) is 17.9 Å². The molecule has 2 heterocycles. The van der Waals surface area contributed by atoms with Crippen LogP contribution in [0.4, 0.5) is 4.39 Å². The summed E-state index contributed by atoms with van der Waals surface area (Å²) in [5.41, 5.74) is 0.874. The average molecular weight is 279 g/mol. The number of aromatic nitrogens is 2. The molecule has 1 N–H and O–H groups in total. The predicted octanol–water partition coefficient (Wildman–Crippen LogP) is 3.87. The van der Waals surface area contributed by atoms with E-state index in [-0.39, 0.29) is 17.9 Å². The van der Waals surface area contributed by atoms with E-state index < -0.39 is 0 Å². The van der Waals surface area contributed by atoms with Crippen LogP contribution in [0.5, 0.6) is 0 Å². The van der Waals surface area contributed by atoms with Crippen molar-refractivity contribution in [1.29, 1.82) is 0 Å². The Hall–Kier alpha value is -1.33. The topological polar surface area (TPSA) is 37.8 Å². The van der Waals surface area contributed by atoms with E-state index in [9.17, 15) is 4.39 Å². The lowest BCUT2D eigenvalue weighted by atomic mass is 10.1. The Balaban J connectivity index is 2.11. The Labute approximate surface area is 116 Å². The average Bonchev–Trinajstić information content (AvgIpc) is 2.95. The van der Waals surface area contributed by atoms with Gasteiger partial charge in [0.1, 0.15) is 10.8 Å². The summed E-state index contributed by atoms with van der Waals surface area (Å²) in [5.74, 6) is -0.300. The Morgan fingerprint density at radius 2 is 2.00 bits per heavy atom. The van der Waals surface area contributed by atoms with Crippen molar-refractivity contribution in [3.05, 3.63) is 46.4 Å². The standard InChI is InChI=1S/C14H18FN3S/c1-3-11(13-6-5-10(15)9-17-13)18-12(4-2)14-16-7-8-19-14/h5-9,11-12,18H,3-4H2,1-2H3. The maximum atomic E-state index is 12.9. The summed E-state index contributed by atoms with van der Waals surface area (Å²) in [7, 11) is 0. The number of thiazole rings is 1. The first-order valence-corrected chi connectivity index (χ1v) is 7.39. The van der Waals surface area contributed by atoms with Gasteiger partial charge in [0.2, 0.25) is 0 Å². The molecule has 0 saturated heterocycles. The first-order valence-electron chi connectivity index (χ1n) is 6.51. The molecule has 3 nitrogen and oxygen atoms in total. The normalized spacial score (nSPS) is 14.3. The summed E-state index contributed by atoms with van der Waals surface area (Å²) in [6.07, 6.45) is 4.96. The highest BCUT2D eigenvalue weighted by Crippen LogP contribution is 2.24. The minimum atomic E-state index is -0.300. The van der Waals surface area contributed by atoms with Crippen LogP contribution in [0, 0.1) is 5.82 Å². The fourth-order valence-electron chi connectivity index (χ4n) is 2.02. The second-order valence-corrected chi connectivity index (χ2v) is 5.29. The molecule has 0 aromatic carbocycles. The Morgan fingerprint density at radius 1 is 1.21 bits per heavy atom. The van der Waals surface area contributed by atoms with Crippen LogP contribution in [0.3, 0.4) is 0 Å². The molecule has 0 aliphatic carbocycles. The molecule has 2 aromatic heterocycles. The van der Waals surface area contributed by atoms with Crippen molar-refractivity contribution >= 4 is 11.3 Å². The van der Waals surface area contributed by atoms with E-state index in [1.165, 1.54) is 12.3 Å². The molecular formula is C14H18FN3S. The second-order valence-electron chi connectivity index (χ2n) is 4.36. The van der Waals surface area contributed by atoms with Gasteiger partial charge in [-0.3, -0.25) is 10.3 Å². The lowest BCUT2D eigenvalue weighted by Gasteiger charge is -2.22. The second kappa shape index (κ2) is 6.73. The van der Waals surface area contributed by atoms with Crippen molar-refractivity contribution in [3.63, 3.8) is 0 Å². The van der Waals surface area contributed by atoms with Crippen LogP contribution in [0.1, 0.15) is 49.5 Å². The summed E-state index contributed by atoms with van der Waals surface area (Å²) < 4.78 is 12.9. The quantitative estimate of drug-likeness (QED) is 0.872. The van der Waals surface area contributed by atoms with E-state index >= 15 is 0 Å². The van der Waals surface area contributed by atoms with Gasteiger partial charge in [0.25, 0.3) is 0 Å². The number of nitrogens with zero attached hydrogens (tertiary/aromatic N) is 2. The van der Waals surface area contributed by atoms with Crippen molar-refractivity contribution in [2.45, 2.75) is 38.8 Å². The van der Waals surface area contributed by atoms with Crippen molar-refractivity contribution in [3.8, 4) is 0 Å². The zero-order valence-corrected chi connectivity index (χ0v) is 12.0. The fraction of sp³-hybridized carbons (Fsp3) is 0.429. The first kappa shape index (κ1) is 14.1. The van der Waals surface area contributed by atoms with Gasteiger partial charge in [0, 0.05) is 17.6 Å². The highest BCUT2D eigenvalue weighted by atomic mass is 32.1. The third-order valence-corrected chi connectivity index (χ3v) is 3.96. The molecule has 0 saturated carbocycles. The monoisotopic (exact) mass is 279 g/mol. The van der Waals surface area contributed by atoms with Gasteiger partial charge < -0.3 is 0 Å². The molecule has 0 radical (unpaired) electrons. The van der Waals surface area contributed by atoms with E-state index in [2.05, 4.69) is 29.1 Å². The maximum absolute atomic E-state index is 12.9. The van der Waals surface area contributed by atoms with E-state index in [1.54, 1.807) is 17.4 Å². The van der Waals surface area contributed by atoms with Gasteiger partial charge in [0.15, 0.2) is 0 Å². The number of nitrogens with one attached hydrogen (secondary N) is 1. The summed E-state index contributed by atoms with van der Waals surface area (Å²) in [5, 5.41) is 6.62. The third-order valence-electron chi connectivity index (χ3n) is 3.08. The molecule has 2 unspecified atom stereocenters. The number of rotatable bonds is 6. The largest absolute Gasteiger partial charge is 0.300 e. The number of hydrogen-bond donors (Lipinski definition) is 1. The Kier molecular flexibility index (Phi) is 4.99. The van der Waals surface area contributed by atoms with Gasteiger partial charge in [-0.1, -0.05) is 13.8 Å². The highest BCUT2D eigenvalue weighted by molar-refractivity contribution is 7.09. The SMILES string of the molecule is CCC(NC(CC)c1nccs1)c1ccc(F)cn1. The van der Waals surface area contributed by atoms with Crippen LogP contribution in [-0.4, -0.2) is 9.97 Å². The Bertz CT molecular complexity index is 484. The summed E-state index contributed by atoms with van der Waals surface area (Å²) in [6, 6.07) is 3.54. The van der Waals surface area contributed by atoms with Gasteiger partial charge >= 0.3 is 0 Å². The lowest BCUT2D eigenvalue weighted by molar-refractivity contribution is 0.417. The fourth-order valence-corrected chi connectivity index (χ4v) is 2.80. The molecule has 2 rings (SSSR count). The first-order chi connectivity index (χ1) is 9.24. The molecule has 0 fully saturated rings. The smallest absolute Gasteiger partial charge is 0.141 e. The van der Waals surface area contributed by atoms with Crippen LogP contribution in [0.15, 0.2) is 29.9 Å². The van der Waals surface area contributed by atoms with E-state index in [4.69, 9.17) is 0 Å². The molecule has 2 atom stereocenters. The summed E-state index contributed by atoms with van der Waals surface area (Å²) in [4.78, 5) is 8.52. The third kappa shape index (κ3) is 3.58. The van der Waals surface area contributed by atoms with E-state index in [0.29, 0.717) is 0 Å². The van der Waals surface area contributed by atoms with Crippen LogP contribution < -0.4 is 5.32 Å². The van der Waals surface area contributed by atoms with Gasteiger partial charge in [-0.15, -0.1) is 11.3 Å². The van der Waals surface area contributed by atoms with Crippen molar-refractivity contribution < 1.29 is 4.39 Å². The van der Waals surface area contributed by atoms with Crippen molar-refractivity contribution in [1.82, 2.24) is 15.3 Å². The minimum absolute atomic E-state index is 0.120. The minimum Gasteiger partial charge on any atom is -0.300 e. The molecule has 0 bridgehead atoms. The summed E-state index contributed by atoms with van der Waals surface area (Å²) in [6.45, 7) is 4.22. The van der Waals surface area contributed by atoms with Crippen LogP contribution in [0.2, 0.25) is 0 Å². The molecule has 5 heteroatoms. The predicted molar refractivity (Wildman–Crippen MR) is 75.5 cm³/mol. The highest BCUT2D eigenvalue weighted by Gasteiger charge is 2.18. The molecule has 19 heavy (non-hydrogen) atoms. The molecule has 0 amide bonds. The Morgan fingerprint density at radius 3 is 2.53 bits per heavy atom. The van der Waals surface area contributed by atoms with Gasteiger partial charge in [-0.2, -0.15) is 0 Å². The molecule has 2 aromatic rings. The molecule has 0 aliphatic heterocycles. The van der Waals surface area contributed by atoms with Crippen LogP contribution in [0.25, 0.3) is 0 Å². The molecule has 0 aliphatic rings. The molecule has 102 valence electrons. The zero-order chi connectivity index (χ0) is 13.7. The van der Waals surface area contributed by atoms with E-state index in [1.807, 2.05) is 11.6 Å². The number of hydrogen-bond acceptors (Lipinski definition) is 4. The number of halogens is 1. The maximum Gasteiger partial charge on any atom is 0.141 e. The van der Waals surface area contributed by atoms with E-state index in [0.717, 1.165) is 23.5 Å².